The Balaban J connectivity index is -0.0000000474. The molecule has 0 saturated heterocycles. The van der Waals surface area contributed by atoms with Gasteiger partial charge in [0.15, 0.2) is 0 Å². The molecule has 0 aliphatic carbocycles. The Morgan fingerprint density at radius 1 is 0.880 bits per heavy atom. The molecule has 0 unspecified atom stereocenters. The topological polar surface area (TPSA) is 12.4 Å². The van der Waals surface area contributed by atoms with Crippen molar-refractivity contribution >= 4 is 6.21 Å². The van der Waals surface area contributed by atoms with Gasteiger partial charge in [0.1, 0.15) is 0 Å². The largest absolute Gasteiger partial charge is 0.265 e. The molecule has 0 spiro atoms. The molecule has 0 fully saturated rings. The van der Waals surface area contributed by atoms with Crippen LogP contribution in [0.4, 0.5) is 0 Å². The van der Waals surface area contributed by atoms with Gasteiger partial charge in [-0.2, -0.15) is 0 Å². The third-order valence-corrected chi connectivity index (χ3v) is 2.87. The van der Waals surface area contributed by atoms with Crippen molar-refractivity contribution in [2.24, 2.45) is 10.9 Å². The third-order valence-electron chi connectivity index (χ3n) is 2.87. The molecule has 0 aromatic heterocycles. The first-order chi connectivity index (χ1) is 12.1. The Labute approximate surface area is 163 Å². The van der Waals surface area contributed by atoms with E-state index in [1.165, 1.54) is 30.5 Å². The van der Waals surface area contributed by atoms with Crippen molar-refractivity contribution in [3.63, 3.8) is 0 Å². The number of nitrogens with zero attached hydrogens (tertiary/aromatic N) is 1. The van der Waals surface area contributed by atoms with Crippen LogP contribution in [0.1, 0.15) is 122 Å². The first kappa shape index (κ1) is 39.2. The van der Waals surface area contributed by atoms with E-state index < -0.39 is 0 Å². The van der Waals surface area contributed by atoms with E-state index in [2.05, 4.69) is 66.3 Å². The first-order valence-corrected chi connectivity index (χ1v) is 10.6. The second-order valence-corrected chi connectivity index (χ2v) is 4.73. The normalized spacial score (nSPS) is 9.76. The van der Waals surface area contributed by atoms with Gasteiger partial charge in [-0.05, 0) is 24.8 Å². The van der Waals surface area contributed by atoms with Gasteiger partial charge in [0, 0.05) is 18.3 Å². The summed E-state index contributed by atoms with van der Waals surface area (Å²) in [5.74, 6) is 0.935. The second-order valence-electron chi connectivity index (χ2n) is 4.73. The van der Waals surface area contributed by atoms with E-state index in [0.717, 1.165) is 18.8 Å². The Morgan fingerprint density at radius 3 is 1.28 bits per heavy atom. The Bertz CT molecular complexity index is 242. The van der Waals surface area contributed by atoms with Gasteiger partial charge in [-0.1, -0.05) is 102 Å². The molecule has 25 heavy (non-hydrogen) atoms. The van der Waals surface area contributed by atoms with Gasteiger partial charge in [0.25, 0.3) is 0 Å². The fourth-order valence-corrected chi connectivity index (χ4v) is 1.20. The molecular formula is C24H53N. The number of allylic oxidation sites excluding steroid dienone is 2. The van der Waals surface area contributed by atoms with Crippen LogP contribution in [0.2, 0.25) is 0 Å². The van der Waals surface area contributed by atoms with E-state index in [1.54, 1.807) is 0 Å². The van der Waals surface area contributed by atoms with E-state index in [1.807, 2.05) is 47.8 Å². The zero-order chi connectivity index (χ0) is 21.7. The van der Waals surface area contributed by atoms with Crippen molar-refractivity contribution in [3.8, 4) is 12.8 Å². The van der Waals surface area contributed by atoms with Crippen LogP contribution in [0.5, 0.6) is 0 Å². The maximum Gasteiger partial charge on any atom is 0.0390 e. The summed E-state index contributed by atoms with van der Waals surface area (Å²) in [6, 6.07) is 0. The van der Waals surface area contributed by atoms with E-state index >= 15 is 0 Å². The smallest absolute Gasteiger partial charge is 0.0390 e. The van der Waals surface area contributed by atoms with Crippen molar-refractivity contribution in [2.45, 2.75) is 122 Å². The molecule has 1 heteroatoms. The summed E-state index contributed by atoms with van der Waals surface area (Å²) in [7, 11) is 0. The van der Waals surface area contributed by atoms with Crippen LogP contribution in [0.25, 0.3) is 0 Å². The lowest BCUT2D eigenvalue weighted by atomic mass is 10.1. The van der Waals surface area contributed by atoms with E-state index in [9.17, 15) is 0 Å². The number of hydrogen-bond acceptors (Lipinski definition) is 1. The van der Waals surface area contributed by atoms with Crippen molar-refractivity contribution in [3.05, 3.63) is 11.3 Å². The van der Waals surface area contributed by atoms with Gasteiger partial charge in [-0.25, -0.2) is 0 Å². The van der Waals surface area contributed by atoms with Crippen LogP contribution < -0.4 is 0 Å². The summed E-state index contributed by atoms with van der Waals surface area (Å²) in [4.78, 5) is 4.19. The summed E-state index contributed by atoms with van der Waals surface area (Å²) < 4.78 is 0. The highest BCUT2D eigenvalue weighted by Crippen LogP contribution is 2.16. The number of rotatable bonds is 3. The van der Waals surface area contributed by atoms with Gasteiger partial charge in [0.05, 0.1) is 0 Å². The SMILES string of the molecule is C#C.CC.CC.CC.CCC.CCC(C)CC.CCC1=C(C)CC=N1. The van der Waals surface area contributed by atoms with Gasteiger partial charge in [-0.15, -0.1) is 12.8 Å². The monoisotopic (exact) mass is 355 g/mol. The van der Waals surface area contributed by atoms with Crippen LogP contribution in [-0.2, 0) is 0 Å². The third kappa shape index (κ3) is 45.1. The minimum atomic E-state index is 0.935. The van der Waals surface area contributed by atoms with Crippen LogP contribution in [-0.4, -0.2) is 6.21 Å². The lowest BCUT2D eigenvalue weighted by molar-refractivity contribution is 0.544. The minimum absolute atomic E-state index is 0.935. The number of aliphatic imine (C=N–C) groups is 1. The quantitative estimate of drug-likeness (QED) is 0.447. The van der Waals surface area contributed by atoms with Crippen LogP contribution >= 0.6 is 0 Å². The number of terminal acetylenes is 1. The Hall–Kier alpha value is -1.03. The van der Waals surface area contributed by atoms with Crippen molar-refractivity contribution in [2.75, 3.05) is 0 Å². The number of hydrogen-bond donors (Lipinski definition) is 0. The molecule has 0 amide bonds. The van der Waals surface area contributed by atoms with Gasteiger partial charge < -0.3 is 0 Å². The lowest BCUT2D eigenvalue weighted by Gasteiger charge is -1.98. The molecule has 0 atom stereocenters. The average molecular weight is 356 g/mol. The fourth-order valence-electron chi connectivity index (χ4n) is 1.20. The summed E-state index contributed by atoms with van der Waals surface area (Å²) in [5.41, 5.74) is 2.72. The molecule has 1 rings (SSSR count). The zero-order valence-electron chi connectivity index (χ0n) is 20.3. The van der Waals surface area contributed by atoms with Crippen molar-refractivity contribution in [1.29, 1.82) is 0 Å². The van der Waals surface area contributed by atoms with E-state index in [4.69, 9.17) is 0 Å². The summed E-state index contributed by atoms with van der Waals surface area (Å²) in [6.45, 7) is 27.3. The predicted molar refractivity (Wildman–Crippen MR) is 126 cm³/mol. The zero-order valence-corrected chi connectivity index (χ0v) is 20.3. The Kier molecular flexibility index (Phi) is 77.5. The van der Waals surface area contributed by atoms with Gasteiger partial charge >= 0.3 is 0 Å². The maximum atomic E-state index is 4.19. The lowest BCUT2D eigenvalue weighted by Crippen LogP contribution is -1.85. The fraction of sp³-hybridized carbons (Fsp3) is 0.792. The first-order valence-electron chi connectivity index (χ1n) is 10.6. The molecule has 0 N–H and O–H groups in total. The molecule has 0 radical (unpaired) electrons. The molecule has 1 heterocycles. The molecular weight excluding hydrogens is 302 g/mol. The molecule has 0 saturated carbocycles. The standard InChI is InChI=1S/C7H11N.C6H14.C3H8.3C2H6.C2H2/c1-3-7-6(2)4-5-8-7;1-4-6(3)5-2;1-3-2;4*1-2/h5H,3-4H2,1-2H3;6H,4-5H2,1-3H3;3H2,1-2H3;3*1-2H3;1-2H. The highest BCUT2D eigenvalue weighted by atomic mass is 14.8. The highest BCUT2D eigenvalue weighted by molar-refractivity contribution is 5.66. The van der Waals surface area contributed by atoms with Crippen LogP contribution in [0.3, 0.4) is 0 Å². The van der Waals surface area contributed by atoms with E-state index in [0.29, 0.717) is 0 Å². The van der Waals surface area contributed by atoms with Crippen LogP contribution in [0.15, 0.2) is 16.3 Å². The molecule has 1 aliphatic rings. The molecule has 0 bridgehead atoms. The summed E-state index contributed by atoms with van der Waals surface area (Å²) in [6.07, 6.45) is 16.0. The van der Waals surface area contributed by atoms with Crippen LogP contribution in [0, 0.1) is 18.8 Å². The Morgan fingerprint density at radius 2 is 1.20 bits per heavy atom. The molecule has 1 nitrogen and oxygen atoms in total. The molecule has 154 valence electrons. The predicted octanol–water partition coefficient (Wildman–Crippen LogP) is 9.33. The minimum Gasteiger partial charge on any atom is -0.265 e. The second kappa shape index (κ2) is 49.5. The molecule has 1 aliphatic heterocycles. The van der Waals surface area contributed by atoms with Gasteiger partial charge in [-0.3, -0.25) is 4.99 Å². The molecule has 0 aromatic rings. The van der Waals surface area contributed by atoms with Crippen molar-refractivity contribution in [1.82, 2.24) is 0 Å². The van der Waals surface area contributed by atoms with Gasteiger partial charge in [0.2, 0.25) is 0 Å². The van der Waals surface area contributed by atoms with Crippen molar-refractivity contribution < 1.29 is 0 Å². The summed E-state index contributed by atoms with van der Waals surface area (Å²) >= 11 is 0. The highest BCUT2D eigenvalue weighted by Gasteiger charge is 2.01. The molecule has 0 aromatic carbocycles. The summed E-state index contributed by atoms with van der Waals surface area (Å²) in [5, 5.41) is 0. The van der Waals surface area contributed by atoms with E-state index in [-0.39, 0.29) is 0 Å². The average Bonchev–Trinajstić information content (AvgIpc) is 3.13. The maximum absolute atomic E-state index is 4.19.